The zero-order valence-corrected chi connectivity index (χ0v) is 16.8. The lowest BCUT2D eigenvalue weighted by Crippen LogP contribution is -2.41. The second-order valence-electron chi connectivity index (χ2n) is 7.31. The van der Waals surface area contributed by atoms with Crippen LogP contribution < -0.4 is 5.32 Å². The minimum Gasteiger partial charge on any atom is -0.444 e. The number of aromatic nitrogens is 1. The Morgan fingerprint density at radius 1 is 1.30 bits per heavy atom. The predicted octanol–water partition coefficient (Wildman–Crippen LogP) is 3.74. The first-order chi connectivity index (χ1) is 12.6. The van der Waals surface area contributed by atoms with Crippen LogP contribution in [0.4, 0.5) is 10.5 Å². The number of anilines is 1. The summed E-state index contributed by atoms with van der Waals surface area (Å²) in [5.74, 6) is -0.207. The summed E-state index contributed by atoms with van der Waals surface area (Å²) in [5, 5.41) is 13.0. The Balaban J connectivity index is 2.07. The van der Waals surface area contributed by atoms with E-state index in [0.29, 0.717) is 40.4 Å². The average molecular weight is 414 g/mol. The van der Waals surface area contributed by atoms with Gasteiger partial charge in [-0.2, -0.15) is 0 Å². The molecular formula is C18H21Cl2N3O4. The molecule has 0 radical (unpaired) electrons. The highest BCUT2D eigenvalue weighted by Crippen LogP contribution is 2.39. The number of amides is 2. The maximum atomic E-state index is 12.7. The Morgan fingerprint density at radius 2 is 2.00 bits per heavy atom. The Morgan fingerprint density at radius 3 is 2.63 bits per heavy atom. The zero-order chi connectivity index (χ0) is 19.9. The number of carbonyl (C=O) groups is 2. The number of fused-ring (bicyclic) bond motifs is 3. The fourth-order valence-corrected chi connectivity index (χ4v) is 3.57. The number of aliphatic hydroxyl groups is 1. The van der Waals surface area contributed by atoms with E-state index in [2.05, 4.69) is 5.32 Å². The van der Waals surface area contributed by atoms with Gasteiger partial charge in [0.1, 0.15) is 11.3 Å². The number of β-amino-alcohol motifs (C(OH)–C–C–N with tert-alkyl or cyclic N) is 1. The van der Waals surface area contributed by atoms with Crippen molar-refractivity contribution < 1.29 is 19.4 Å². The number of halogens is 2. The second kappa shape index (κ2) is 7.22. The van der Waals surface area contributed by atoms with Crippen molar-refractivity contribution in [2.45, 2.75) is 32.9 Å². The van der Waals surface area contributed by atoms with Crippen LogP contribution >= 0.6 is 23.2 Å². The maximum Gasteiger partial charge on any atom is 0.412 e. The molecule has 0 unspecified atom stereocenters. The standard InChI is InChI=1S/C18H21Cl2N3O4/c1-18(2,3)27-17(26)21-12-9-11(19)14(20)15-10(12)8-13-16(25)22(6-7-24)4-5-23(13)15/h8-9,24H,4-7H2,1-3H3,(H,21,26). The van der Waals surface area contributed by atoms with Crippen LogP contribution in [0.15, 0.2) is 12.1 Å². The van der Waals surface area contributed by atoms with E-state index in [1.54, 1.807) is 36.3 Å². The monoisotopic (exact) mass is 413 g/mol. The lowest BCUT2D eigenvalue weighted by molar-refractivity contribution is 0.0634. The molecule has 2 N–H and O–H groups in total. The lowest BCUT2D eigenvalue weighted by Gasteiger charge is -2.28. The summed E-state index contributed by atoms with van der Waals surface area (Å²) in [6, 6.07) is 3.22. The fraction of sp³-hybridized carbons (Fsp3) is 0.444. The van der Waals surface area contributed by atoms with Gasteiger partial charge < -0.3 is 19.3 Å². The molecule has 0 saturated heterocycles. The molecule has 0 aliphatic carbocycles. The Hall–Kier alpha value is -1.96. The SMILES string of the molecule is CC(C)(C)OC(=O)Nc1cc(Cl)c(Cl)c2c1cc1n2CCN(CCO)C1=O. The molecule has 1 aromatic heterocycles. The topological polar surface area (TPSA) is 83.8 Å². The third-order valence-corrected chi connectivity index (χ3v) is 4.96. The molecule has 1 aromatic carbocycles. The molecule has 0 atom stereocenters. The van der Waals surface area contributed by atoms with Gasteiger partial charge in [0, 0.05) is 25.0 Å². The molecule has 0 fully saturated rings. The van der Waals surface area contributed by atoms with E-state index in [4.69, 9.17) is 33.0 Å². The molecule has 2 heterocycles. The highest BCUT2D eigenvalue weighted by atomic mass is 35.5. The van der Waals surface area contributed by atoms with E-state index in [9.17, 15) is 9.59 Å². The number of nitrogens with zero attached hydrogens (tertiary/aromatic N) is 2. The quantitative estimate of drug-likeness (QED) is 0.802. The van der Waals surface area contributed by atoms with Gasteiger partial charge in [-0.1, -0.05) is 23.2 Å². The smallest absolute Gasteiger partial charge is 0.412 e. The molecule has 1 aliphatic rings. The summed E-state index contributed by atoms with van der Waals surface area (Å²) in [6.07, 6.45) is -0.625. The number of rotatable bonds is 3. The largest absolute Gasteiger partial charge is 0.444 e. The van der Waals surface area contributed by atoms with Crippen molar-refractivity contribution in [3.8, 4) is 0 Å². The molecule has 0 saturated carbocycles. The molecule has 2 amide bonds. The second-order valence-corrected chi connectivity index (χ2v) is 8.09. The van der Waals surface area contributed by atoms with Crippen LogP contribution in [-0.2, 0) is 11.3 Å². The summed E-state index contributed by atoms with van der Waals surface area (Å²) in [5.41, 5.74) is 0.778. The number of benzene rings is 1. The first-order valence-corrected chi connectivity index (χ1v) is 9.29. The highest BCUT2D eigenvalue weighted by molar-refractivity contribution is 6.45. The van der Waals surface area contributed by atoms with E-state index in [1.165, 1.54) is 6.07 Å². The van der Waals surface area contributed by atoms with Gasteiger partial charge in [-0.15, -0.1) is 0 Å². The Kier molecular flexibility index (Phi) is 5.29. The van der Waals surface area contributed by atoms with Crippen LogP contribution in [0.25, 0.3) is 10.9 Å². The van der Waals surface area contributed by atoms with Crippen molar-refractivity contribution >= 4 is 51.8 Å². The maximum absolute atomic E-state index is 12.7. The number of hydrogen-bond acceptors (Lipinski definition) is 4. The third-order valence-electron chi connectivity index (χ3n) is 4.18. The summed E-state index contributed by atoms with van der Waals surface area (Å²) in [7, 11) is 0. The summed E-state index contributed by atoms with van der Waals surface area (Å²) >= 11 is 12.7. The van der Waals surface area contributed by atoms with Crippen molar-refractivity contribution in [2.75, 3.05) is 25.0 Å². The van der Waals surface area contributed by atoms with Crippen LogP contribution in [-0.4, -0.2) is 51.9 Å². The van der Waals surface area contributed by atoms with E-state index in [0.717, 1.165) is 0 Å². The lowest BCUT2D eigenvalue weighted by atomic mass is 10.2. The fourth-order valence-electron chi connectivity index (χ4n) is 3.12. The molecule has 27 heavy (non-hydrogen) atoms. The Labute approximate surface area is 166 Å². The number of hydrogen-bond donors (Lipinski definition) is 2. The van der Waals surface area contributed by atoms with Crippen molar-refractivity contribution in [2.24, 2.45) is 0 Å². The first-order valence-electron chi connectivity index (χ1n) is 8.53. The van der Waals surface area contributed by atoms with Crippen molar-refractivity contribution in [1.29, 1.82) is 0 Å². The van der Waals surface area contributed by atoms with Gasteiger partial charge in [0.25, 0.3) is 5.91 Å². The van der Waals surface area contributed by atoms with Crippen LogP contribution in [0.1, 0.15) is 31.3 Å². The number of aliphatic hydroxyl groups excluding tert-OH is 1. The molecule has 2 aromatic rings. The number of carbonyl (C=O) groups excluding carboxylic acids is 2. The van der Waals surface area contributed by atoms with Crippen molar-refractivity contribution in [3.05, 3.63) is 27.9 Å². The van der Waals surface area contributed by atoms with Crippen LogP contribution in [0.3, 0.4) is 0 Å². The molecule has 146 valence electrons. The molecule has 1 aliphatic heterocycles. The van der Waals surface area contributed by atoms with Crippen molar-refractivity contribution in [3.63, 3.8) is 0 Å². The molecular weight excluding hydrogens is 393 g/mol. The van der Waals surface area contributed by atoms with E-state index in [1.807, 2.05) is 0 Å². The van der Waals surface area contributed by atoms with E-state index < -0.39 is 11.7 Å². The predicted molar refractivity (Wildman–Crippen MR) is 105 cm³/mol. The minimum absolute atomic E-state index is 0.107. The van der Waals surface area contributed by atoms with Gasteiger partial charge in [0.05, 0.1) is 27.9 Å². The van der Waals surface area contributed by atoms with Gasteiger partial charge in [-0.3, -0.25) is 10.1 Å². The van der Waals surface area contributed by atoms with Crippen LogP contribution in [0.2, 0.25) is 10.0 Å². The molecule has 3 rings (SSSR count). The van der Waals surface area contributed by atoms with Gasteiger partial charge in [-0.05, 0) is 32.9 Å². The van der Waals surface area contributed by atoms with Crippen molar-refractivity contribution in [1.82, 2.24) is 9.47 Å². The van der Waals surface area contributed by atoms with E-state index >= 15 is 0 Å². The Bertz CT molecular complexity index is 918. The van der Waals surface area contributed by atoms with Crippen LogP contribution in [0, 0.1) is 0 Å². The first kappa shape index (κ1) is 19.8. The van der Waals surface area contributed by atoms with Gasteiger partial charge in [-0.25, -0.2) is 4.79 Å². The summed E-state index contributed by atoms with van der Waals surface area (Å²) < 4.78 is 7.09. The molecule has 9 heteroatoms. The normalized spacial score (nSPS) is 14.4. The highest BCUT2D eigenvalue weighted by Gasteiger charge is 2.29. The zero-order valence-electron chi connectivity index (χ0n) is 15.3. The van der Waals surface area contributed by atoms with Crippen LogP contribution in [0.5, 0.6) is 0 Å². The van der Waals surface area contributed by atoms with Gasteiger partial charge in [0.2, 0.25) is 0 Å². The minimum atomic E-state index is -0.653. The molecule has 7 nitrogen and oxygen atoms in total. The third kappa shape index (κ3) is 3.85. The summed E-state index contributed by atoms with van der Waals surface area (Å²) in [4.78, 5) is 26.5. The molecule has 0 spiro atoms. The summed E-state index contributed by atoms with van der Waals surface area (Å²) in [6.45, 7) is 6.42. The van der Waals surface area contributed by atoms with Gasteiger partial charge in [0.15, 0.2) is 0 Å². The molecule has 0 bridgehead atoms. The average Bonchev–Trinajstić information content (AvgIpc) is 2.94. The van der Waals surface area contributed by atoms with E-state index in [-0.39, 0.29) is 24.1 Å². The number of nitrogens with one attached hydrogen (secondary N) is 1. The van der Waals surface area contributed by atoms with Gasteiger partial charge >= 0.3 is 6.09 Å². The number of ether oxygens (including phenoxy) is 1.